The largest absolute Gasteiger partial charge is 0.497 e. The summed E-state index contributed by atoms with van der Waals surface area (Å²) < 4.78 is 21.2. The molecule has 0 saturated heterocycles. The van der Waals surface area contributed by atoms with Gasteiger partial charge < -0.3 is 18.9 Å². The molecule has 0 fully saturated rings. The SMILES string of the molecule is COC(=O)[C@@H](C)Oc1ccc2c(c1C)OC(=Cc1ccc(OC)cc1)C2=O. The van der Waals surface area contributed by atoms with E-state index in [0.717, 1.165) is 11.3 Å². The van der Waals surface area contributed by atoms with E-state index >= 15 is 0 Å². The number of allylic oxidation sites excluding steroid dienone is 1. The van der Waals surface area contributed by atoms with Crippen LogP contribution in [0, 0.1) is 6.92 Å². The van der Waals surface area contributed by atoms with Gasteiger partial charge in [0.25, 0.3) is 0 Å². The Morgan fingerprint density at radius 3 is 2.44 bits per heavy atom. The average Bonchev–Trinajstić information content (AvgIpc) is 3.00. The van der Waals surface area contributed by atoms with Gasteiger partial charge in [-0.25, -0.2) is 4.79 Å². The standard InChI is InChI=1S/C21H20O6/c1-12-17(26-13(2)21(23)25-4)10-9-16-19(22)18(27-20(12)16)11-14-5-7-15(24-3)8-6-14/h5-11,13H,1-4H3/t13-/m1/s1. The average molecular weight is 368 g/mol. The molecule has 3 rings (SSSR count). The summed E-state index contributed by atoms with van der Waals surface area (Å²) in [5.41, 5.74) is 1.93. The number of carbonyl (C=O) groups excluding carboxylic acids is 2. The molecule has 0 bridgehead atoms. The van der Waals surface area contributed by atoms with Crippen molar-refractivity contribution in [2.45, 2.75) is 20.0 Å². The molecule has 0 aromatic heterocycles. The fourth-order valence-electron chi connectivity index (χ4n) is 2.75. The number of hydrogen-bond acceptors (Lipinski definition) is 6. The molecule has 1 heterocycles. The number of ketones is 1. The summed E-state index contributed by atoms with van der Waals surface area (Å²) in [4.78, 5) is 24.2. The zero-order valence-electron chi connectivity index (χ0n) is 15.6. The van der Waals surface area contributed by atoms with Crippen LogP contribution in [0.1, 0.15) is 28.4 Å². The lowest BCUT2D eigenvalue weighted by molar-refractivity contribution is -0.147. The number of carbonyl (C=O) groups is 2. The van der Waals surface area contributed by atoms with Gasteiger partial charge in [0, 0.05) is 5.56 Å². The monoisotopic (exact) mass is 368 g/mol. The van der Waals surface area contributed by atoms with Gasteiger partial charge in [0.2, 0.25) is 5.78 Å². The summed E-state index contributed by atoms with van der Waals surface area (Å²) in [6, 6.07) is 10.6. The number of methoxy groups -OCH3 is 2. The number of rotatable bonds is 5. The molecule has 1 aliphatic heterocycles. The van der Waals surface area contributed by atoms with Crippen molar-refractivity contribution in [1.29, 1.82) is 0 Å². The summed E-state index contributed by atoms with van der Waals surface area (Å²) >= 11 is 0. The van der Waals surface area contributed by atoms with Gasteiger partial charge in [-0.15, -0.1) is 0 Å². The van der Waals surface area contributed by atoms with Crippen molar-refractivity contribution in [3.05, 3.63) is 58.8 Å². The predicted octanol–water partition coefficient (Wildman–Crippen LogP) is 3.56. The van der Waals surface area contributed by atoms with Crippen molar-refractivity contribution in [3.63, 3.8) is 0 Å². The van der Waals surface area contributed by atoms with Crippen LogP contribution in [0.2, 0.25) is 0 Å². The molecule has 140 valence electrons. The highest BCUT2D eigenvalue weighted by molar-refractivity contribution is 6.15. The molecule has 0 spiro atoms. The van der Waals surface area contributed by atoms with Crippen LogP contribution >= 0.6 is 0 Å². The Hall–Kier alpha value is -3.28. The summed E-state index contributed by atoms with van der Waals surface area (Å²) in [7, 11) is 2.90. The van der Waals surface area contributed by atoms with E-state index in [0.29, 0.717) is 22.6 Å². The Bertz CT molecular complexity index is 911. The fraction of sp³-hybridized carbons (Fsp3) is 0.238. The van der Waals surface area contributed by atoms with E-state index in [-0.39, 0.29) is 11.5 Å². The van der Waals surface area contributed by atoms with Gasteiger partial charge in [0.05, 0.1) is 19.8 Å². The lowest BCUT2D eigenvalue weighted by atomic mass is 10.1. The first kappa shape index (κ1) is 18.5. The van der Waals surface area contributed by atoms with Crippen molar-refractivity contribution in [2.24, 2.45) is 0 Å². The maximum Gasteiger partial charge on any atom is 0.346 e. The minimum Gasteiger partial charge on any atom is -0.497 e. The molecule has 2 aromatic carbocycles. The van der Waals surface area contributed by atoms with E-state index in [4.69, 9.17) is 14.2 Å². The molecule has 1 aliphatic rings. The number of hydrogen-bond donors (Lipinski definition) is 0. The molecule has 6 nitrogen and oxygen atoms in total. The molecular formula is C21H20O6. The van der Waals surface area contributed by atoms with Crippen molar-refractivity contribution in [2.75, 3.05) is 14.2 Å². The third kappa shape index (κ3) is 3.65. The van der Waals surface area contributed by atoms with Crippen LogP contribution in [0.5, 0.6) is 17.2 Å². The number of ether oxygens (including phenoxy) is 4. The third-order valence-electron chi connectivity index (χ3n) is 4.29. The Morgan fingerprint density at radius 2 is 1.81 bits per heavy atom. The highest BCUT2D eigenvalue weighted by Crippen LogP contribution is 2.39. The van der Waals surface area contributed by atoms with Crippen molar-refractivity contribution in [1.82, 2.24) is 0 Å². The maximum atomic E-state index is 12.6. The Balaban J connectivity index is 1.87. The van der Waals surface area contributed by atoms with Gasteiger partial charge >= 0.3 is 5.97 Å². The normalized spacial score (nSPS) is 15.1. The lowest BCUT2D eigenvalue weighted by Crippen LogP contribution is -2.25. The minimum atomic E-state index is -0.766. The first-order valence-electron chi connectivity index (χ1n) is 8.41. The topological polar surface area (TPSA) is 71.1 Å². The summed E-state index contributed by atoms with van der Waals surface area (Å²) in [5.74, 6) is 1.19. The van der Waals surface area contributed by atoms with Crippen LogP contribution < -0.4 is 14.2 Å². The van der Waals surface area contributed by atoms with Gasteiger partial charge in [-0.1, -0.05) is 12.1 Å². The molecule has 0 N–H and O–H groups in total. The second-order valence-corrected chi connectivity index (χ2v) is 6.06. The van der Waals surface area contributed by atoms with Gasteiger partial charge in [0.15, 0.2) is 11.9 Å². The molecule has 2 aromatic rings. The Kier molecular flexibility index (Phi) is 5.16. The fourth-order valence-corrected chi connectivity index (χ4v) is 2.75. The maximum absolute atomic E-state index is 12.6. The van der Waals surface area contributed by atoms with Crippen molar-refractivity contribution in [3.8, 4) is 17.2 Å². The van der Waals surface area contributed by atoms with Crippen LogP contribution in [-0.4, -0.2) is 32.1 Å². The van der Waals surface area contributed by atoms with Gasteiger partial charge in [-0.05, 0) is 49.8 Å². The molecule has 27 heavy (non-hydrogen) atoms. The highest BCUT2D eigenvalue weighted by atomic mass is 16.6. The van der Waals surface area contributed by atoms with Crippen LogP contribution in [0.15, 0.2) is 42.2 Å². The predicted molar refractivity (Wildman–Crippen MR) is 99.2 cm³/mol. The highest BCUT2D eigenvalue weighted by Gasteiger charge is 2.30. The Labute approximate surface area is 157 Å². The second kappa shape index (κ2) is 7.53. The van der Waals surface area contributed by atoms with E-state index < -0.39 is 12.1 Å². The lowest BCUT2D eigenvalue weighted by Gasteiger charge is -2.15. The van der Waals surface area contributed by atoms with E-state index in [1.165, 1.54) is 7.11 Å². The van der Waals surface area contributed by atoms with Gasteiger partial charge in [-0.2, -0.15) is 0 Å². The summed E-state index contributed by atoms with van der Waals surface area (Å²) in [6.45, 7) is 3.38. The molecule has 0 radical (unpaired) electrons. The van der Waals surface area contributed by atoms with Crippen LogP contribution in [-0.2, 0) is 9.53 Å². The van der Waals surface area contributed by atoms with E-state index in [1.54, 1.807) is 39.2 Å². The molecular weight excluding hydrogens is 348 g/mol. The number of benzene rings is 2. The van der Waals surface area contributed by atoms with Gasteiger partial charge in [-0.3, -0.25) is 4.79 Å². The zero-order valence-corrected chi connectivity index (χ0v) is 15.6. The number of fused-ring (bicyclic) bond motifs is 1. The first-order chi connectivity index (χ1) is 12.9. The zero-order chi connectivity index (χ0) is 19.6. The van der Waals surface area contributed by atoms with E-state index in [2.05, 4.69) is 4.74 Å². The van der Waals surface area contributed by atoms with Gasteiger partial charge in [0.1, 0.15) is 17.2 Å². The molecule has 6 heteroatoms. The minimum absolute atomic E-state index is 0.198. The summed E-state index contributed by atoms with van der Waals surface area (Å²) in [6.07, 6.45) is 0.914. The third-order valence-corrected chi connectivity index (χ3v) is 4.29. The molecule has 0 saturated carbocycles. The van der Waals surface area contributed by atoms with Crippen LogP contribution in [0.4, 0.5) is 0 Å². The molecule has 0 unspecified atom stereocenters. The van der Waals surface area contributed by atoms with Crippen LogP contribution in [0.25, 0.3) is 6.08 Å². The molecule has 1 atom stereocenters. The van der Waals surface area contributed by atoms with Crippen LogP contribution in [0.3, 0.4) is 0 Å². The first-order valence-corrected chi connectivity index (χ1v) is 8.41. The van der Waals surface area contributed by atoms with E-state index in [9.17, 15) is 9.59 Å². The second-order valence-electron chi connectivity index (χ2n) is 6.06. The quantitative estimate of drug-likeness (QED) is 0.594. The number of esters is 1. The molecule has 0 amide bonds. The molecule has 0 aliphatic carbocycles. The van der Waals surface area contributed by atoms with Crippen molar-refractivity contribution < 1.29 is 28.5 Å². The smallest absolute Gasteiger partial charge is 0.346 e. The van der Waals surface area contributed by atoms with E-state index in [1.807, 2.05) is 24.3 Å². The van der Waals surface area contributed by atoms with Crippen molar-refractivity contribution >= 4 is 17.8 Å². The Morgan fingerprint density at radius 1 is 1.11 bits per heavy atom. The summed E-state index contributed by atoms with van der Waals surface area (Å²) in [5, 5.41) is 0. The number of Topliss-reactive ketones (excluding diaryl/α,β-unsaturated/α-hetero) is 1.